The summed E-state index contributed by atoms with van der Waals surface area (Å²) in [5, 5.41) is 13.0. The molecule has 0 atom stereocenters. The van der Waals surface area contributed by atoms with Crippen molar-refractivity contribution in [1.82, 2.24) is 4.98 Å². The van der Waals surface area contributed by atoms with Gasteiger partial charge in [-0.05, 0) is 29.7 Å². The average Bonchev–Trinajstić information content (AvgIpc) is 2.59. The highest BCUT2D eigenvalue weighted by molar-refractivity contribution is 6.12. The summed E-state index contributed by atoms with van der Waals surface area (Å²) >= 11 is 0. The molecule has 1 aromatic heterocycles. The van der Waals surface area contributed by atoms with E-state index in [4.69, 9.17) is 0 Å². The van der Waals surface area contributed by atoms with Crippen LogP contribution in [0.4, 0.5) is 0 Å². The predicted molar refractivity (Wildman–Crippen MR) is 87.4 cm³/mol. The lowest BCUT2D eigenvalue weighted by atomic mass is 9.95. The molecule has 108 valence electrons. The Morgan fingerprint density at radius 3 is 2.32 bits per heavy atom. The van der Waals surface area contributed by atoms with Gasteiger partial charge in [-0.25, -0.2) is 0 Å². The van der Waals surface area contributed by atoms with Gasteiger partial charge in [0.25, 0.3) is 0 Å². The van der Waals surface area contributed by atoms with Crippen molar-refractivity contribution in [2.24, 2.45) is 5.16 Å². The molecule has 22 heavy (non-hydrogen) atoms. The van der Waals surface area contributed by atoms with Gasteiger partial charge in [0.05, 0.1) is 5.69 Å². The largest absolute Gasteiger partial charge is 0.410 e. The second-order valence-corrected chi connectivity index (χ2v) is 4.98. The molecule has 0 saturated heterocycles. The van der Waals surface area contributed by atoms with E-state index in [1.54, 1.807) is 6.20 Å². The summed E-state index contributed by atoms with van der Waals surface area (Å²) in [5.74, 6) is 0. The quantitative estimate of drug-likeness (QED) is 0.449. The Labute approximate surface area is 129 Å². The van der Waals surface area contributed by atoms with Crippen LogP contribution in [0.3, 0.4) is 0 Å². The van der Waals surface area contributed by atoms with Crippen LogP contribution < -0.4 is 0 Å². The van der Waals surface area contributed by atoms with Crippen molar-refractivity contribution in [3.8, 4) is 0 Å². The number of nitrogens with zero attached hydrogens (tertiary/aromatic N) is 2. The molecule has 3 rings (SSSR count). The Hall–Kier alpha value is -2.94. The number of aromatic nitrogens is 1. The minimum atomic E-state index is 0.493. The van der Waals surface area contributed by atoms with E-state index in [9.17, 15) is 5.21 Å². The molecular formula is C19H16N2O. The van der Waals surface area contributed by atoms with Gasteiger partial charge in [0, 0.05) is 11.8 Å². The smallest absolute Gasteiger partial charge is 0.135 e. The highest BCUT2D eigenvalue weighted by Gasteiger charge is 2.13. The molecule has 3 nitrogen and oxygen atoms in total. The molecule has 1 N–H and O–H groups in total. The molecule has 0 amide bonds. The molecule has 0 unspecified atom stereocenters. The van der Waals surface area contributed by atoms with Crippen molar-refractivity contribution in [3.63, 3.8) is 0 Å². The maximum atomic E-state index is 9.47. The molecule has 0 spiro atoms. The van der Waals surface area contributed by atoms with Crippen molar-refractivity contribution in [1.29, 1.82) is 0 Å². The fourth-order valence-corrected chi connectivity index (χ4v) is 2.47. The highest BCUT2D eigenvalue weighted by atomic mass is 16.4. The van der Waals surface area contributed by atoms with E-state index < -0.39 is 0 Å². The molecule has 1 heterocycles. The second kappa shape index (κ2) is 6.68. The third-order valence-electron chi connectivity index (χ3n) is 3.52. The van der Waals surface area contributed by atoms with Crippen LogP contribution in [0.15, 0.2) is 84.1 Å². The third kappa shape index (κ3) is 3.04. The van der Waals surface area contributed by atoms with Crippen LogP contribution in [0, 0.1) is 0 Å². The number of rotatable bonds is 4. The summed E-state index contributed by atoms with van der Waals surface area (Å²) in [6.07, 6.45) is 2.48. The van der Waals surface area contributed by atoms with E-state index in [0.717, 1.165) is 17.5 Å². The number of pyridine rings is 1. The number of benzene rings is 2. The van der Waals surface area contributed by atoms with Crippen molar-refractivity contribution in [2.75, 3.05) is 0 Å². The summed E-state index contributed by atoms with van der Waals surface area (Å²) in [5.41, 5.74) is 4.37. The molecule has 0 aliphatic rings. The van der Waals surface area contributed by atoms with Gasteiger partial charge in [0.15, 0.2) is 0 Å². The zero-order valence-electron chi connectivity index (χ0n) is 12.1. The molecule has 0 radical (unpaired) electrons. The fraction of sp³-hybridized carbons (Fsp3) is 0.0526. The predicted octanol–water partition coefficient (Wildman–Crippen LogP) is 3.90. The molecule has 3 heteroatoms. The monoisotopic (exact) mass is 288 g/mol. The minimum absolute atomic E-state index is 0.493. The zero-order valence-corrected chi connectivity index (χ0v) is 12.1. The van der Waals surface area contributed by atoms with Crippen molar-refractivity contribution >= 4 is 5.71 Å². The van der Waals surface area contributed by atoms with Crippen molar-refractivity contribution < 1.29 is 5.21 Å². The number of hydrogen-bond acceptors (Lipinski definition) is 3. The van der Waals surface area contributed by atoms with Crippen LogP contribution in [-0.2, 0) is 6.42 Å². The highest BCUT2D eigenvalue weighted by Crippen LogP contribution is 2.18. The van der Waals surface area contributed by atoms with Gasteiger partial charge in [-0.15, -0.1) is 0 Å². The van der Waals surface area contributed by atoms with Crippen LogP contribution in [0.5, 0.6) is 0 Å². The first-order valence-corrected chi connectivity index (χ1v) is 7.14. The molecule has 2 aromatic carbocycles. The zero-order chi connectivity index (χ0) is 15.2. The van der Waals surface area contributed by atoms with E-state index in [1.165, 1.54) is 5.56 Å². The summed E-state index contributed by atoms with van der Waals surface area (Å²) in [6.45, 7) is 0. The Bertz CT molecular complexity index is 768. The summed E-state index contributed by atoms with van der Waals surface area (Å²) in [7, 11) is 0. The van der Waals surface area contributed by atoms with Crippen LogP contribution in [0.1, 0.15) is 22.4 Å². The van der Waals surface area contributed by atoms with Gasteiger partial charge in [-0.3, -0.25) is 4.98 Å². The molecule has 0 bridgehead atoms. The van der Waals surface area contributed by atoms with E-state index in [1.807, 2.05) is 54.6 Å². The van der Waals surface area contributed by atoms with Gasteiger partial charge in [0.2, 0.25) is 0 Å². The minimum Gasteiger partial charge on any atom is -0.410 e. The number of hydrogen-bond donors (Lipinski definition) is 1. The lowest BCUT2D eigenvalue weighted by Crippen LogP contribution is -2.09. The average molecular weight is 288 g/mol. The summed E-state index contributed by atoms with van der Waals surface area (Å²) in [4.78, 5) is 4.28. The number of oxime groups is 1. The fourth-order valence-electron chi connectivity index (χ4n) is 2.47. The summed E-state index contributed by atoms with van der Waals surface area (Å²) < 4.78 is 0. The molecule has 0 saturated carbocycles. The standard InChI is InChI=1S/C19H16N2O/c22-21-19(18-12-6-7-13-20-18)17-11-5-4-10-16(17)14-15-8-2-1-3-9-15/h1-13,22H,14H2. The van der Waals surface area contributed by atoms with Gasteiger partial charge in [-0.2, -0.15) is 0 Å². The van der Waals surface area contributed by atoms with Crippen molar-refractivity contribution in [3.05, 3.63) is 101 Å². The van der Waals surface area contributed by atoms with Gasteiger partial charge in [-0.1, -0.05) is 65.8 Å². The normalized spacial score (nSPS) is 11.4. The first-order chi connectivity index (χ1) is 10.9. The van der Waals surface area contributed by atoms with Gasteiger partial charge >= 0.3 is 0 Å². The van der Waals surface area contributed by atoms with Crippen LogP contribution >= 0.6 is 0 Å². The SMILES string of the molecule is ON=C(c1ccccn1)c1ccccc1Cc1ccccc1. The first-order valence-electron chi connectivity index (χ1n) is 7.14. The van der Waals surface area contributed by atoms with E-state index in [0.29, 0.717) is 11.4 Å². The molecule has 0 fully saturated rings. The maximum Gasteiger partial charge on any atom is 0.135 e. The molecule has 3 aromatic rings. The van der Waals surface area contributed by atoms with E-state index >= 15 is 0 Å². The van der Waals surface area contributed by atoms with E-state index in [2.05, 4.69) is 28.3 Å². The topological polar surface area (TPSA) is 45.5 Å². The second-order valence-electron chi connectivity index (χ2n) is 4.98. The Morgan fingerprint density at radius 2 is 1.59 bits per heavy atom. The lowest BCUT2D eigenvalue weighted by molar-refractivity contribution is 0.319. The maximum absolute atomic E-state index is 9.47. The molecular weight excluding hydrogens is 272 g/mol. The van der Waals surface area contributed by atoms with Crippen LogP contribution in [-0.4, -0.2) is 15.9 Å². The Morgan fingerprint density at radius 1 is 0.864 bits per heavy atom. The third-order valence-corrected chi connectivity index (χ3v) is 3.52. The Balaban J connectivity index is 2.01. The Kier molecular flexibility index (Phi) is 4.25. The molecule has 0 aliphatic heterocycles. The van der Waals surface area contributed by atoms with Crippen LogP contribution in [0.2, 0.25) is 0 Å². The van der Waals surface area contributed by atoms with Gasteiger partial charge < -0.3 is 5.21 Å². The van der Waals surface area contributed by atoms with Gasteiger partial charge in [0.1, 0.15) is 5.71 Å². The lowest BCUT2D eigenvalue weighted by Gasteiger charge is -2.10. The molecule has 0 aliphatic carbocycles. The van der Waals surface area contributed by atoms with Crippen LogP contribution in [0.25, 0.3) is 0 Å². The first kappa shape index (κ1) is 14.0. The van der Waals surface area contributed by atoms with E-state index in [-0.39, 0.29) is 0 Å². The van der Waals surface area contributed by atoms with Crippen molar-refractivity contribution in [2.45, 2.75) is 6.42 Å². The summed E-state index contributed by atoms with van der Waals surface area (Å²) in [6, 6.07) is 23.8.